The summed E-state index contributed by atoms with van der Waals surface area (Å²) in [5.41, 5.74) is 6.46. The monoisotopic (exact) mass is 452 g/mol. The molecule has 1 unspecified atom stereocenters. The average molecular weight is 452 g/mol. The maximum absolute atomic E-state index is 12.7. The van der Waals surface area contributed by atoms with E-state index in [1.807, 2.05) is 42.5 Å². The van der Waals surface area contributed by atoms with Crippen LogP contribution >= 0.6 is 0 Å². The highest BCUT2D eigenvalue weighted by Crippen LogP contribution is 2.33. The zero-order valence-electron chi connectivity index (χ0n) is 17.8. The van der Waals surface area contributed by atoms with Crippen LogP contribution < -0.4 is 10.7 Å². The summed E-state index contributed by atoms with van der Waals surface area (Å²) in [6.07, 6.45) is -0.251. The molecule has 0 bridgehead atoms. The SMILES string of the molecule is N#Cc1ccccc1-c1ccc(NCCCC2C(=O)N2NC2=CC=C(C(F)(F)F)CC2)cc1. The number of benzene rings is 2. The molecule has 170 valence electrons. The molecule has 1 saturated heterocycles. The fraction of sp³-hybridized carbons (Fsp3) is 0.280. The van der Waals surface area contributed by atoms with Crippen molar-refractivity contribution in [2.24, 2.45) is 0 Å². The lowest BCUT2D eigenvalue weighted by Gasteiger charge is -2.18. The average Bonchev–Trinajstić information content (AvgIpc) is 3.43. The van der Waals surface area contributed by atoms with Gasteiger partial charge in [-0.05, 0) is 61.1 Å². The first-order chi connectivity index (χ1) is 15.9. The van der Waals surface area contributed by atoms with E-state index in [0.717, 1.165) is 29.3 Å². The third-order valence-corrected chi connectivity index (χ3v) is 5.77. The topological polar surface area (TPSA) is 67.9 Å². The molecule has 2 N–H and O–H groups in total. The number of hydrogen-bond acceptors (Lipinski definition) is 4. The van der Waals surface area contributed by atoms with Crippen LogP contribution in [0.4, 0.5) is 18.9 Å². The third kappa shape index (κ3) is 5.37. The molecule has 2 aromatic rings. The Bertz CT molecular complexity index is 1130. The van der Waals surface area contributed by atoms with E-state index in [4.69, 9.17) is 0 Å². The second-order valence-electron chi connectivity index (χ2n) is 8.02. The molecular formula is C25H23F3N4O. The van der Waals surface area contributed by atoms with Crippen LogP contribution in [0.3, 0.4) is 0 Å². The summed E-state index contributed by atoms with van der Waals surface area (Å²) in [5.74, 6) is -0.0398. The largest absolute Gasteiger partial charge is 0.412 e. The fourth-order valence-electron chi connectivity index (χ4n) is 3.85. The van der Waals surface area contributed by atoms with Crippen LogP contribution in [0, 0.1) is 11.3 Å². The van der Waals surface area contributed by atoms with Crippen LogP contribution in [0.1, 0.15) is 31.2 Å². The second kappa shape index (κ2) is 9.41. The Balaban J connectivity index is 1.21. The normalized spacial score (nSPS) is 17.7. The van der Waals surface area contributed by atoms with Gasteiger partial charge in [0.25, 0.3) is 5.91 Å². The maximum atomic E-state index is 12.7. The number of allylic oxidation sites excluding steroid dienone is 4. The van der Waals surface area contributed by atoms with E-state index in [-0.39, 0.29) is 24.8 Å². The smallest absolute Gasteiger partial charge is 0.385 e. The third-order valence-electron chi connectivity index (χ3n) is 5.77. The first-order valence-corrected chi connectivity index (χ1v) is 10.8. The number of amides is 1. The van der Waals surface area contributed by atoms with Crippen molar-refractivity contribution in [3.63, 3.8) is 0 Å². The number of halogens is 3. The second-order valence-corrected chi connectivity index (χ2v) is 8.02. The fourth-order valence-corrected chi connectivity index (χ4v) is 3.85. The minimum Gasteiger partial charge on any atom is -0.385 e. The minimum atomic E-state index is -4.30. The zero-order chi connectivity index (χ0) is 23.4. The number of hydrogen-bond donors (Lipinski definition) is 2. The van der Waals surface area contributed by atoms with Crippen molar-refractivity contribution in [2.75, 3.05) is 11.9 Å². The highest BCUT2D eigenvalue weighted by atomic mass is 19.4. The number of carbonyl (C=O) groups excluding carboxylic acids is 1. The van der Waals surface area contributed by atoms with E-state index in [1.165, 1.54) is 11.1 Å². The summed E-state index contributed by atoms with van der Waals surface area (Å²) in [7, 11) is 0. The van der Waals surface area contributed by atoms with Crippen molar-refractivity contribution in [2.45, 2.75) is 37.9 Å². The standard InChI is InChI=1S/C25H23F3N4O/c26-25(27,28)19-9-13-21(14-10-19)31-32-23(24(32)33)6-3-15-30-20-11-7-17(8-12-20)22-5-2-1-4-18(22)16-29/h1-2,4-5,7-9,11-13,23,30-31H,3,6,10,14-15H2. The summed E-state index contributed by atoms with van der Waals surface area (Å²) in [4.78, 5) is 12.0. The molecule has 2 aromatic carbocycles. The van der Waals surface area contributed by atoms with Crippen molar-refractivity contribution < 1.29 is 18.0 Å². The lowest BCUT2D eigenvalue weighted by Crippen LogP contribution is -2.25. The lowest BCUT2D eigenvalue weighted by molar-refractivity contribution is -0.114. The van der Waals surface area contributed by atoms with Gasteiger partial charge < -0.3 is 5.32 Å². The minimum absolute atomic E-state index is 0.0398. The van der Waals surface area contributed by atoms with Crippen LogP contribution in [-0.4, -0.2) is 29.7 Å². The predicted octanol–water partition coefficient (Wildman–Crippen LogP) is 5.30. The van der Waals surface area contributed by atoms with Crippen molar-refractivity contribution in [3.05, 3.63) is 77.5 Å². The summed E-state index contributed by atoms with van der Waals surface area (Å²) in [6, 6.07) is 17.3. The molecule has 33 heavy (non-hydrogen) atoms. The van der Waals surface area contributed by atoms with E-state index in [0.29, 0.717) is 24.2 Å². The zero-order valence-corrected chi connectivity index (χ0v) is 17.8. The molecular weight excluding hydrogens is 429 g/mol. The quantitative estimate of drug-likeness (QED) is 0.421. The number of carbonyl (C=O) groups is 1. The number of alkyl halides is 3. The Labute approximate surface area is 190 Å². The van der Waals surface area contributed by atoms with Gasteiger partial charge in [0.2, 0.25) is 0 Å². The van der Waals surface area contributed by atoms with E-state index >= 15 is 0 Å². The van der Waals surface area contributed by atoms with E-state index in [1.54, 1.807) is 6.07 Å². The van der Waals surface area contributed by atoms with Gasteiger partial charge in [0.05, 0.1) is 11.6 Å². The number of rotatable bonds is 8. The predicted molar refractivity (Wildman–Crippen MR) is 120 cm³/mol. The van der Waals surface area contributed by atoms with Gasteiger partial charge in [0, 0.05) is 23.5 Å². The van der Waals surface area contributed by atoms with Crippen LogP contribution in [0.25, 0.3) is 11.1 Å². The Hall–Kier alpha value is -3.73. The molecule has 0 saturated carbocycles. The molecule has 1 heterocycles. The van der Waals surface area contributed by atoms with E-state index < -0.39 is 11.7 Å². The summed E-state index contributed by atoms with van der Waals surface area (Å²) < 4.78 is 38.1. The molecule has 1 aliphatic carbocycles. The molecule has 8 heteroatoms. The van der Waals surface area contributed by atoms with Gasteiger partial charge in [-0.1, -0.05) is 36.4 Å². The number of hydrazine groups is 1. The highest BCUT2D eigenvalue weighted by molar-refractivity contribution is 5.96. The molecule has 4 rings (SSSR count). The molecule has 1 aliphatic heterocycles. The molecule has 0 radical (unpaired) electrons. The molecule has 0 spiro atoms. The van der Waals surface area contributed by atoms with Crippen molar-refractivity contribution in [3.8, 4) is 17.2 Å². The number of nitrogens with zero attached hydrogens (tertiary/aromatic N) is 2. The van der Waals surface area contributed by atoms with Crippen LogP contribution in [0.15, 0.2) is 72.0 Å². The van der Waals surface area contributed by atoms with Crippen molar-refractivity contribution >= 4 is 11.6 Å². The van der Waals surface area contributed by atoms with Gasteiger partial charge in [-0.3, -0.25) is 10.2 Å². The van der Waals surface area contributed by atoms with Crippen molar-refractivity contribution in [1.29, 1.82) is 5.26 Å². The molecule has 1 atom stereocenters. The van der Waals surface area contributed by atoms with E-state index in [9.17, 15) is 23.2 Å². The lowest BCUT2D eigenvalue weighted by atomic mass is 10.0. The van der Waals surface area contributed by atoms with E-state index in [2.05, 4.69) is 16.8 Å². The Morgan fingerprint density at radius 3 is 2.48 bits per heavy atom. The van der Waals surface area contributed by atoms with Gasteiger partial charge in [-0.15, -0.1) is 0 Å². The number of nitrogens with one attached hydrogen (secondary N) is 2. The Morgan fingerprint density at radius 2 is 1.82 bits per heavy atom. The Kier molecular flexibility index (Phi) is 6.40. The summed E-state index contributed by atoms with van der Waals surface area (Å²) in [6.45, 7) is 0.687. The van der Waals surface area contributed by atoms with Crippen LogP contribution in [0.5, 0.6) is 0 Å². The molecule has 1 fully saturated rings. The number of anilines is 1. The molecule has 0 aromatic heterocycles. The van der Waals surface area contributed by atoms with Crippen LogP contribution in [0.2, 0.25) is 0 Å². The van der Waals surface area contributed by atoms with Gasteiger partial charge in [-0.25, -0.2) is 5.01 Å². The first kappa shape index (κ1) is 22.5. The summed E-state index contributed by atoms with van der Waals surface area (Å²) >= 11 is 0. The molecule has 1 amide bonds. The summed E-state index contributed by atoms with van der Waals surface area (Å²) in [5, 5.41) is 14.1. The van der Waals surface area contributed by atoms with Gasteiger partial charge in [0.15, 0.2) is 0 Å². The van der Waals surface area contributed by atoms with Gasteiger partial charge in [0.1, 0.15) is 6.04 Å². The first-order valence-electron chi connectivity index (χ1n) is 10.8. The maximum Gasteiger partial charge on any atom is 0.412 e. The molecule has 5 nitrogen and oxygen atoms in total. The highest BCUT2D eigenvalue weighted by Gasteiger charge is 2.46. The molecule has 2 aliphatic rings. The van der Waals surface area contributed by atoms with Gasteiger partial charge >= 0.3 is 6.18 Å². The van der Waals surface area contributed by atoms with Crippen LogP contribution in [-0.2, 0) is 4.79 Å². The van der Waals surface area contributed by atoms with Crippen molar-refractivity contribution in [1.82, 2.24) is 10.4 Å². The van der Waals surface area contributed by atoms with Gasteiger partial charge in [-0.2, -0.15) is 18.4 Å². The Morgan fingerprint density at radius 1 is 1.06 bits per heavy atom. The number of nitriles is 1.